The van der Waals surface area contributed by atoms with E-state index in [0.717, 1.165) is 11.1 Å². The van der Waals surface area contributed by atoms with Gasteiger partial charge in [-0.3, -0.25) is 14.9 Å². The Morgan fingerprint density at radius 1 is 0.833 bits per heavy atom. The van der Waals surface area contributed by atoms with Gasteiger partial charge in [-0.2, -0.15) is 0 Å². The highest BCUT2D eigenvalue weighted by Crippen LogP contribution is 2.15. The standard InChI is InChI=1S/C24H21N3O2S/c1-17-6-5-9-19(16-17)23(29)25-20-11-13-21(14-12-20)26-24(30)27-22(28)15-10-18-7-3-2-4-8-18/h2-16H,1H3,(H,25,29)(H2,26,27,28,30)/b15-10+. The molecule has 0 aliphatic heterocycles. The Morgan fingerprint density at radius 2 is 1.50 bits per heavy atom. The third-order valence-corrected chi connectivity index (χ3v) is 4.35. The molecule has 3 rings (SSSR count). The van der Waals surface area contributed by atoms with E-state index in [-0.39, 0.29) is 16.9 Å². The Hall–Kier alpha value is -3.77. The Labute approximate surface area is 180 Å². The lowest BCUT2D eigenvalue weighted by Crippen LogP contribution is -2.32. The maximum atomic E-state index is 12.3. The van der Waals surface area contributed by atoms with Crippen LogP contribution in [0.2, 0.25) is 0 Å². The molecule has 3 N–H and O–H groups in total. The molecule has 0 radical (unpaired) electrons. The minimum Gasteiger partial charge on any atom is -0.332 e. The first kappa shape index (κ1) is 21.0. The van der Waals surface area contributed by atoms with Crippen LogP contribution in [-0.4, -0.2) is 16.9 Å². The second-order valence-electron chi connectivity index (χ2n) is 6.59. The van der Waals surface area contributed by atoms with Gasteiger partial charge in [0.1, 0.15) is 0 Å². The fourth-order valence-corrected chi connectivity index (χ4v) is 2.90. The van der Waals surface area contributed by atoms with Crippen LogP contribution in [0.3, 0.4) is 0 Å². The summed E-state index contributed by atoms with van der Waals surface area (Å²) in [6.07, 6.45) is 3.14. The van der Waals surface area contributed by atoms with E-state index in [9.17, 15) is 9.59 Å². The topological polar surface area (TPSA) is 70.2 Å². The molecule has 3 aromatic carbocycles. The summed E-state index contributed by atoms with van der Waals surface area (Å²) in [7, 11) is 0. The molecule has 0 aliphatic rings. The predicted molar refractivity (Wildman–Crippen MR) is 125 cm³/mol. The van der Waals surface area contributed by atoms with Crippen molar-refractivity contribution in [3.05, 3.63) is 102 Å². The summed E-state index contributed by atoms with van der Waals surface area (Å²) in [4.78, 5) is 24.3. The van der Waals surface area contributed by atoms with Gasteiger partial charge in [-0.25, -0.2) is 0 Å². The van der Waals surface area contributed by atoms with E-state index in [2.05, 4.69) is 16.0 Å². The van der Waals surface area contributed by atoms with Crippen LogP contribution in [0.15, 0.2) is 84.9 Å². The molecule has 0 atom stereocenters. The molecule has 0 fully saturated rings. The Bertz CT molecular complexity index is 1080. The van der Waals surface area contributed by atoms with Crippen LogP contribution in [-0.2, 0) is 4.79 Å². The molecule has 150 valence electrons. The van der Waals surface area contributed by atoms with E-state index in [0.29, 0.717) is 16.9 Å². The van der Waals surface area contributed by atoms with E-state index < -0.39 is 0 Å². The number of rotatable bonds is 5. The number of nitrogens with one attached hydrogen (secondary N) is 3. The van der Waals surface area contributed by atoms with Gasteiger partial charge in [-0.05, 0) is 67.2 Å². The zero-order chi connectivity index (χ0) is 21.3. The Morgan fingerprint density at radius 3 is 2.17 bits per heavy atom. The van der Waals surface area contributed by atoms with Crippen LogP contribution < -0.4 is 16.0 Å². The molecule has 0 heterocycles. The molecule has 0 saturated heterocycles. The highest BCUT2D eigenvalue weighted by molar-refractivity contribution is 7.80. The molecule has 0 aromatic heterocycles. The average molecular weight is 416 g/mol. The molecule has 0 saturated carbocycles. The minimum absolute atomic E-state index is 0.174. The lowest BCUT2D eigenvalue weighted by molar-refractivity contribution is -0.115. The zero-order valence-corrected chi connectivity index (χ0v) is 17.2. The molecule has 3 aromatic rings. The van der Waals surface area contributed by atoms with Gasteiger partial charge < -0.3 is 10.6 Å². The lowest BCUT2D eigenvalue weighted by Gasteiger charge is -2.10. The van der Waals surface area contributed by atoms with Crippen LogP contribution in [0, 0.1) is 6.92 Å². The molecule has 0 unspecified atom stereocenters. The first-order chi connectivity index (χ1) is 14.5. The quantitative estimate of drug-likeness (QED) is 0.415. The van der Waals surface area contributed by atoms with Gasteiger partial charge in [0, 0.05) is 23.0 Å². The molecule has 30 heavy (non-hydrogen) atoms. The smallest absolute Gasteiger partial charge is 0.255 e. The van der Waals surface area contributed by atoms with Crippen LogP contribution >= 0.6 is 12.2 Å². The van der Waals surface area contributed by atoms with Crippen molar-refractivity contribution in [2.45, 2.75) is 6.92 Å². The van der Waals surface area contributed by atoms with Crippen molar-refractivity contribution in [1.29, 1.82) is 0 Å². The van der Waals surface area contributed by atoms with Gasteiger partial charge in [0.05, 0.1) is 0 Å². The van der Waals surface area contributed by atoms with Gasteiger partial charge >= 0.3 is 0 Å². The fraction of sp³-hybridized carbons (Fsp3) is 0.0417. The van der Waals surface area contributed by atoms with Crippen molar-refractivity contribution in [1.82, 2.24) is 5.32 Å². The van der Waals surface area contributed by atoms with Gasteiger partial charge in [-0.1, -0.05) is 48.0 Å². The van der Waals surface area contributed by atoms with Crippen molar-refractivity contribution in [2.24, 2.45) is 0 Å². The van der Waals surface area contributed by atoms with Crippen LogP contribution in [0.25, 0.3) is 6.08 Å². The summed E-state index contributed by atoms with van der Waals surface area (Å²) >= 11 is 5.18. The van der Waals surface area contributed by atoms with Gasteiger partial charge in [0.15, 0.2) is 5.11 Å². The molecular weight excluding hydrogens is 394 g/mol. The van der Waals surface area contributed by atoms with Gasteiger partial charge in [-0.15, -0.1) is 0 Å². The van der Waals surface area contributed by atoms with Crippen LogP contribution in [0.1, 0.15) is 21.5 Å². The van der Waals surface area contributed by atoms with E-state index in [1.165, 1.54) is 6.08 Å². The third-order valence-electron chi connectivity index (χ3n) is 4.14. The van der Waals surface area contributed by atoms with Crippen molar-refractivity contribution in [2.75, 3.05) is 10.6 Å². The van der Waals surface area contributed by atoms with Crippen molar-refractivity contribution in [3.63, 3.8) is 0 Å². The van der Waals surface area contributed by atoms with Gasteiger partial charge in [0.2, 0.25) is 5.91 Å². The first-order valence-electron chi connectivity index (χ1n) is 9.33. The molecule has 0 spiro atoms. The number of amides is 2. The lowest BCUT2D eigenvalue weighted by atomic mass is 10.1. The summed E-state index contributed by atoms with van der Waals surface area (Å²) in [6, 6.07) is 24.0. The number of benzene rings is 3. The number of hydrogen-bond donors (Lipinski definition) is 3. The number of carbonyl (C=O) groups is 2. The number of thiocarbonyl (C=S) groups is 1. The molecular formula is C24H21N3O2S. The van der Waals surface area contributed by atoms with Crippen molar-refractivity contribution < 1.29 is 9.59 Å². The molecule has 6 heteroatoms. The number of anilines is 2. The monoisotopic (exact) mass is 415 g/mol. The average Bonchev–Trinajstić information content (AvgIpc) is 2.74. The summed E-state index contributed by atoms with van der Waals surface area (Å²) in [5.41, 5.74) is 3.91. The van der Waals surface area contributed by atoms with Crippen LogP contribution in [0.5, 0.6) is 0 Å². The summed E-state index contributed by atoms with van der Waals surface area (Å²) in [5.74, 6) is -0.495. The predicted octanol–water partition coefficient (Wildman–Crippen LogP) is 4.77. The first-order valence-corrected chi connectivity index (χ1v) is 9.73. The summed E-state index contributed by atoms with van der Waals surface area (Å²) < 4.78 is 0. The van der Waals surface area contributed by atoms with Crippen molar-refractivity contribution >= 4 is 46.6 Å². The fourth-order valence-electron chi connectivity index (χ4n) is 2.68. The zero-order valence-electron chi connectivity index (χ0n) is 16.4. The minimum atomic E-state index is -0.321. The normalized spacial score (nSPS) is 10.4. The van der Waals surface area contributed by atoms with Gasteiger partial charge in [0.25, 0.3) is 5.91 Å². The second kappa shape index (κ2) is 10.1. The molecule has 0 aliphatic carbocycles. The maximum absolute atomic E-state index is 12.3. The van der Waals surface area contributed by atoms with Crippen LogP contribution in [0.4, 0.5) is 11.4 Å². The van der Waals surface area contributed by atoms with E-state index in [1.54, 1.807) is 36.4 Å². The number of aryl methyl sites for hydroxylation is 1. The Kier molecular flexibility index (Phi) is 7.08. The largest absolute Gasteiger partial charge is 0.332 e. The van der Waals surface area contributed by atoms with E-state index in [4.69, 9.17) is 12.2 Å². The second-order valence-corrected chi connectivity index (χ2v) is 7.00. The SMILES string of the molecule is Cc1cccc(C(=O)Nc2ccc(NC(=S)NC(=O)/C=C/c3ccccc3)cc2)c1. The highest BCUT2D eigenvalue weighted by Gasteiger charge is 2.07. The van der Waals surface area contributed by atoms with Crippen molar-refractivity contribution in [3.8, 4) is 0 Å². The highest BCUT2D eigenvalue weighted by atomic mass is 32.1. The molecule has 5 nitrogen and oxygen atoms in total. The molecule has 0 bridgehead atoms. The third kappa shape index (κ3) is 6.39. The van der Waals surface area contributed by atoms with E-state index in [1.807, 2.05) is 55.5 Å². The number of hydrogen-bond acceptors (Lipinski definition) is 3. The maximum Gasteiger partial charge on any atom is 0.255 e. The summed E-state index contributed by atoms with van der Waals surface area (Å²) in [5, 5.41) is 8.58. The number of carbonyl (C=O) groups excluding carboxylic acids is 2. The Balaban J connectivity index is 1.51. The van der Waals surface area contributed by atoms with E-state index >= 15 is 0 Å². The molecule has 2 amide bonds. The summed E-state index contributed by atoms with van der Waals surface area (Å²) in [6.45, 7) is 1.94.